The van der Waals surface area contributed by atoms with Gasteiger partial charge in [0.05, 0.1) is 12.3 Å². The van der Waals surface area contributed by atoms with Gasteiger partial charge in [0.1, 0.15) is 5.82 Å². The molecule has 1 saturated heterocycles. The summed E-state index contributed by atoms with van der Waals surface area (Å²) >= 11 is 0. The average Bonchev–Trinajstić information content (AvgIpc) is 2.79. The van der Waals surface area contributed by atoms with E-state index in [1.807, 2.05) is 6.07 Å². The summed E-state index contributed by atoms with van der Waals surface area (Å²) < 4.78 is 5.33. The standard InChI is InChI=1S/C10H17N5O/c11-2-3-13-9-5-8(14-10(12)15-9)7-1-4-16-6-7/h5,7H,1-4,6,11H2,(H3,12,13,14,15). The molecule has 0 aromatic carbocycles. The Morgan fingerprint density at radius 1 is 1.50 bits per heavy atom. The van der Waals surface area contributed by atoms with Crippen LogP contribution in [0, 0.1) is 0 Å². The third-order valence-corrected chi connectivity index (χ3v) is 2.56. The van der Waals surface area contributed by atoms with Gasteiger partial charge >= 0.3 is 0 Å². The number of nitrogens with two attached hydrogens (primary N) is 2. The molecule has 0 radical (unpaired) electrons. The number of nitrogens with zero attached hydrogens (tertiary/aromatic N) is 2. The zero-order valence-electron chi connectivity index (χ0n) is 9.15. The van der Waals surface area contributed by atoms with E-state index in [0.29, 0.717) is 31.6 Å². The molecule has 16 heavy (non-hydrogen) atoms. The van der Waals surface area contributed by atoms with Crippen LogP contribution in [0.3, 0.4) is 0 Å². The van der Waals surface area contributed by atoms with E-state index >= 15 is 0 Å². The third-order valence-electron chi connectivity index (χ3n) is 2.56. The highest BCUT2D eigenvalue weighted by molar-refractivity contribution is 5.41. The van der Waals surface area contributed by atoms with Gasteiger partial charge in [0, 0.05) is 31.7 Å². The Labute approximate surface area is 94.4 Å². The average molecular weight is 223 g/mol. The fourth-order valence-electron chi connectivity index (χ4n) is 1.75. The molecule has 0 aliphatic carbocycles. The summed E-state index contributed by atoms with van der Waals surface area (Å²) in [5, 5.41) is 3.10. The number of anilines is 2. The molecule has 88 valence electrons. The zero-order valence-corrected chi connectivity index (χ0v) is 9.15. The highest BCUT2D eigenvalue weighted by Gasteiger charge is 2.20. The van der Waals surface area contributed by atoms with Gasteiger partial charge in [-0.05, 0) is 6.42 Å². The molecule has 5 N–H and O–H groups in total. The fraction of sp³-hybridized carbons (Fsp3) is 0.600. The van der Waals surface area contributed by atoms with Crippen molar-refractivity contribution in [3.05, 3.63) is 11.8 Å². The number of nitrogen functional groups attached to an aromatic ring is 1. The summed E-state index contributed by atoms with van der Waals surface area (Å²) in [4.78, 5) is 8.34. The Balaban J connectivity index is 2.14. The van der Waals surface area contributed by atoms with Crippen molar-refractivity contribution in [2.45, 2.75) is 12.3 Å². The first-order valence-corrected chi connectivity index (χ1v) is 5.45. The number of nitrogens with one attached hydrogen (secondary N) is 1. The summed E-state index contributed by atoms with van der Waals surface area (Å²) in [6.07, 6.45) is 0.993. The molecule has 6 heteroatoms. The number of rotatable bonds is 4. The largest absolute Gasteiger partial charge is 0.381 e. The lowest BCUT2D eigenvalue weighted by atomic mass is 10.0. The number of hydrogen-bond donors (Lipinski definition) is 3. The maximum Gasteiger partial charge on any atom is 0.222 e. The van der Waals surface area contributed by atoms with Crippen LogP contribution >= 0.6 is 0 Å². The molecule has 0 amide bonds. The summed E-state index contributed by atoms with van der Waals surface area (Å²) in [5.74, 6) is 1.37. The van der Waals surface area contributed by atoms with Crippen LogP contribution < -0.4 is 16.8 Å². The first-order chi connectivity index (χ1) is 7.79. The van der Waals surface area contributed by atoms with Crippen molar-refractivity contribution >= 4 is 11.8 Å². The predicted octanol–water partition coefficient (Wildman–Crippen LogP) is -0.0667. The molecule has 1 aliphatic rings. The lowest BCUT2D eigenvalue weighted by Gasteiger charge is -2.10. The van der Waals surface area contributed by atoms with Gasteiger partial charge in [-0.1, -0.05) is 0 Å². The molecule has 0 spiro atoms. The van der Waals surface area contributed by atoms with Crippen LogP contribution in [0.5, 0.6) is 0 Å². The Kier molecular flexibility index (Phi) is 3.53. The second kappa shape index (κ2) is 5.09. The van der Waals surface area contributed by atoms with Crippen LogP contribution in [0.4, 0.5) is 11.8 Å². The molecule has 1 atom stereocenters. The highest BCUT2D eigenvalue weighted by Crippen LogP contribution is 2.25. The van der Waals surface area contributed by atoms with E-state index in [1.54, 1.807) is 0 Å². The Bertz CT molecular complexity index is 351. The first-order valence-electron chi connectivity index (χ1n) is 5.45. The molecule has 1 aliphatic heterocycles. The third kappa shape index (κ3) is 2.59. The van der Waals surface area contributed by atoms with E-state index in [2.05, 4.69) is 15.3 Å². The molecular weight excluding hydrogens is 206 g/mol. The van der Waals surface area contributed by atoms with Crippen molar-refractivity contribution in [1.29, 1.82) is 0 Å². The quantitative estimate of drug-likeness (QED) is 0.661. The first kappa shape index (κ1) is 11.1. The summed E-state index contributed by atoms with van der Waals surface area (Å²) in [6.45, 7) is 2.75. The van der Waals surface area contributed by atoms with Crippen LogP contribution in [0.2, 0.25) is 0 Å². The smallest absolute Gasteiger partial charge is 0.222 e. The summed E-state index contributed by atoms with van der Waals surface area (Å²) in [6, 6.07) is 1.92. The molecule has 0 bridgehead atoms. The van der Waals surface area contributed by atoms with Gasteiger partial charge in [0.25, 0.3) is 0 Å². The summed E-state index contributed by atoms with van der Waals surface area (Å²) in [7, 11) is 0. The topological polar surface area (TPSA) is 99.1 Å². The zero-order chi connectivity index (χ0) is 11.4. The minimum Gasteiger partial charge on any atom is -0.381 e. The number of ether oxygens (including phenoxy) is 1. The van der Waals surface area contributed by atoms with Crippen molar-refractivity contribution in [2.24, 2.45) is 5.73 Å². The molecule has 1 fully saturated rings. The second-order valence-corrected chi connectivity index (χ2v) is 3.81. The van der Waals surface area contributed by atoms with Gasteiger partial charge in [-0.2, -0.15) is 4.98 Å². The number of hydrogen-bond acceptors (Lipinski definition) is 6. The van der Waals surface area contributed by atoms with Crippen molar-refractivity contribution in [3.8, 4) is 0 Å². The Morgan fingerprint density at radius 3 is 3.06 bits per heavy atom. The lowest BCUT2D eigenvalue weighted by molar-refractivity contribution is 0.193. The normalized spacial score (nSPS) is 19.9. The lowest BCUT2D eigenvalue weighted by Crippen LogP contribution is -2.15. The van der Waals surface area contributed by atoms with Crippen LogP contribution in [0.25, 0.3) is 0 Å². The van der Waals surface area contributed by atoms with Gasteiger partial charge in [-0.3, -0.25) is 0 Å². The van der Waals surface area contributed by atoms with E-state index in [-0.39, 0.29) is 0 Å². The van der Waals surface area contributed by atoms with Crippen LogP contribution in [-0.4, -0.2) is 36.3 Å². The fourth-order valence-corrected chi connectivity index (χ4v) is 1.75. The van der Waals surface area contributed by atoms with Gasteiger partial charge in [-0.25, -0.2) is 4.98 Å². The Hall–Kier alpha value is -1.40. The van der Waals surface area contributed by atoms with Crippen molar-refractivity contribution < 1.29 is 4.74 Å². The highest BCUT2D eigenvalue weighted by atomic mass is 16.5. The molecule has 2 heterocycles. The van der Waals surface area contributed by atoms with Gasteiger partial charge < -0.3 is 21.5 Å². The van der Waals surface area contributed by atoms with Crippen LogP contribution in [0.1, 0.15) is 18.0 Å². The SMILES string of the molecule is NCCNc1cc(C2CCOC2)nc(N)n1. The molecule has 1 aromatic heterocycles. The monoisotopic (exact) mass is 223 g/mol. The summed E-state index contributed by atoms with van der Waals surface area (Å²) in [5.41, 5.74) is 12.0. The van der Waals surface area contributed by atoms with E-state index in [0.717, 1.165) is 24.5 Å². The van der Waals surface area contributed by atoms with Gasteiger partial charge in [0.2, 0.25) is 5.95 Å². The molecular formula is C10H17N5O. The molecule has 2 rings (SSSR count). The minimum atomic E-state index is 0.295. The molecule has 0 saturated carbocycles. The van der Waals surface area contributed by atoms with Crippen molar-refractivity contribution in [2.75, 3.05) is 37.4 Å². The predicted molar refractivity (Wildman–Crippen MR) is 62.2 cm³/mol. The van der Waals surface area contributed by atoms with E-state index < -0.39 is 0 Å². The molecule has 6 nitrogen and oxygen atoms in total. The van der Waals surface area contributed by atoms with E-state index in [9.17, 15) is 0 Å². The second-order valence-electron chi connectivity index (χ2n) is 3.81. The minimum absolute atomic E-state index is 0.295. The van der Waals surface area contributed by atoms with Crippen LogP contribution in [-0.2, 0) is 4.74 Å². The van der Waals surface area contributed by atoms with Crippen molar-refractivity contribution in [3.63, 3.8) is 0 Å². The van der Waals surface area contributed by atoms with E-state index in [1.165, 1.54) is 0 Å². The van der Waals surface area contributed by atoms with Gasteiger partial charge in [-0.15, -0.1) is 0 Å². The molecule has 1 aromatic rings. The molecule has 1 unspecified atom stereocenters. The van der Waals surface area contributed by atoms with E-state index in [4.69, 9.17) is 16.2 Å². The van der Waals surface area contributed by atoms with Crippen LogP contribution in [0.15, 0.2) is 6.07 Å². The maximum atomic E-state index is 5.66. The van der Waals surface area contributed by atoms with Gasteiger partial charge in [0.15, 0.2) is 0 Å². The number of aromatic nitrogens is 2. The Morgan fingerprint density at radius 2 is 2.38 bits per heavy atom. The maximum absolute atomic E-state index is 5.66. The van der Waals surface area contributed by atoms with Crippen molar-refractivity contribution in [1.82, 2.24) is 9.97 Å².